The van der Waals surface area contributed by atoms with E-state index in [9.17, 15) is 4.79 Å². The van der Waals surface area contributed by atoms with E-state index in [-0.39, 0.29) is 12.5 Å². The maximum absolute atomic E-state index is 11.0. The standard InChI is InChI=1S/C8H15NO4/c1-2-13-8(12)5-9-3-6(10)7(11)4-9/h6-7,10-11H,2-5H2,1H3. The highest BCUT2D eigenvalue weighted by molar-refractivity contribution is 5.71. The van der Waals surface area contributed by atoms with Crippen molar-refractivity contribution in [2.75, 3.05) is 26.2 Å². The zero-order chi connectivity index (χ0) is 9.84. The van der Waals surface area contributed by atoms with Crippen molar-refractivity contribution in [1.29, 1.82) is 0 Å². The number of β-amino-alcohol motifs (C(OH)–C–C–N with tert-alkyl or cyclic N) is 2. The van der Waals surface area contributed by atoms with E-state index in [1.807, 2.05) is 0 Å². The van der Waals surface area contributed by atoms with Crippen molar-refractivity contribution < 1.29 is 19.7 Å². The first-order valence-electron chi connectivity index (χ1n) is 4.37. The smallest absolute Gasteiger partial charge is 0.320 e. The molecule has 0 aromatic carbocycles. The van der Waals surface area contributed by atoms with E-state index in [0.717, 1.165) is 0 Å². The predicted octanol–water partition coefficient (Wildman–Crippen LogP) is -1.41. The van der Waals surface area contributed by atoms with Gasteiger partial charge < -0.3 is 14.9 Å². The number of carbonyl (C=O) groups excluding carboxylic acids is 1. The summed E-state index contributed by atoms with van der Waals surface area (Å²) in [4.78, 5) is 12.7. The molecule has 2 unspecified atom stereocenters. The molecule has 1 saturated heterocycles. The van der Waals surface area contributed by atoms with Crippen LogP contribution in [0, 0.1) is 0 Å². The number of aliphatic hydroxyl groups excluding tert-OH is 2. The van der Waals surface area contributed by atoms with E-state index in [4.69, 9.17) is 14.9 Å². The van der Waals surface area contributed by atoms with Crippen LogP contribution in [0.25, 0.3) is 0 Å². The number of hydrogen-bond donors (Lipinski definition) is 2. The van der Waals surface area contributed by atoms with Crippen LogP contribution in [-0.2, 0) is 9.53 Å². The number of hydrogen-bond acceptors (Lipinski definition) is 5. The quantitative estimate of drug-likeness (QED) is 0.534. The number of carbonyl (C=O) groups is 1. The SMILES string of the molecule is CCOC(=O)CN1CC(O)C(O)C1. The van der Waals surface area contributed by atoms with Gasteiger partial charge >= 0.3 is 5.97 Å². The Morgan fingerprint density at radius 1 is 1.46 bits per heavy atom. The molecular weight excluding hydrogens is 174 g/mol. The minimum atomic E-state index is -0.741. The van der Waals surface area contributed by atoms with Crippen molar-refractivity contribution >= 4 is 5.97 Å². The molecule has 1 fully saturated rings. The predicted molar refractivity (Wildman–Crippen MR) is 45.1 cm³/mol. The molecule has 0 spiro atoms. The van der Waals surface area contributed by atoms with E-state index in [0.29, 0.717) is 19.7 Å². The van der Waals surface area contributed by atoms with E-state index in [2.05, 4.69) is 0 Å². The van der Waals surface area contributed by atoms with Crippen molar-refractivity contribution in [2.45, 2.75) is 19.1 Å². The largest absolute Gasteiger partial charge is 0.465 e. The third kappa shape index (κ3) is 2.95. The lowest BCUT2D eigenvalue weighted by Gasteiger charge is -2.12. The number of aliphatic hydroxyl groups is 2. The molecule has 76 valence electrons. The molecule has 0 aromatic heterocycles. The second kappa shape index (κ2) is 4.55. The molecule has 1 aliphatic rings. The van der Waals surface area contributed by atoms with Gasteiger partial charge in [0.25, 0.3) is 0 Å². The van der Waals surface area contributed by atoms with E-state index >= 15 is 0 Å². The first-order chi connectivity index (χ1) is 6.13. The maximum atomic E-state index is 11.0. The first kappa shape index (κ1) is 10.4. The van der Waals surface area contributed by atoms with Crippen molar-refractivity contribution in [2.24, 2.45) is 0 Å². The van der Waals surface area contributed by atoms with Crippen LogP contribution in [0.2, 0.25) is 0 Å². The Hall–Kier alpha value is -0.650. The first-order valence-corrected chi connectivity index (χ1v) is 4.37. The summed E-state index contributed by atoms with van der Waals surface area (Å²) in [5.41, 5.74) is 0. The Labute approximate surface area is 76.9 Å². The normalized spacial score (nSPS) is 29.2. The van der Waals surface area contributed by atoms with Crippen LogP contribution < -0.4 is 0 Å². The number of ether oxygens (including phenoxy) is 1. The number of esters is 1. The second-order valence-corrected chi connectivity index (χ2v) is 3.13. The van der Waals surface area contributed by atoms with Gasteiger partial charge in [-0.1, -0.05) is 0 Å². The molecular formula is C8H15NO4. The van der Waals surface area contributed by atoms with Crippen LogP contribution in [0.4, 0.5) is 0 Å². The third-order valence-corrected chi connectivity index (χ3v) is 1.99. The number of rotatable bonds is 3. The summed E-state index contributed by atoms with van der Waals surface area (Å²) in [7, 11) is 0. The lowest BCUT2D eigenvalue weighted by molar-refractivity contribution is -0.144. The monoisotopic (exact) mass is 189 g/mol. The Kier molecular flexibility index (Phi) is 3.65. The number of nitrogens with zero attached hydrogens (tertiary/aromatic N) is 1. The second-order valence-electron chi connectivity index (χ2n) is 3.13. The van der Waals surface area contributed by atoms with Crippen LogP contribution in [0.5, 0.6) is 0 Å². The summed E-state index contributed by atoms with van der Waals surface area (Å²) in [6.45, 7) is 2.91. The molecule has 0 amide bonds. The lowest BCUT2D eigenvalue weighted by atomic mass is 10.3. The summed E-state index contributed by atoms with van der Waals surface area (Å²) >= 11 is 0. The Bertz CT molecular complexity index is 175. The van der Waals surface area contributed by atoms with Gasteiger partial charge in [0.1, 0.15) is 0 Å². The topological polar surface area (TPSA) is 70.0 Å². The summed E-state index contributed by atoms with van der Waals surface area (Å²) in [6.07, 6.45) is -1.48. The van der Waals surface area contributed by atoms with Gasteiger partial charge in [0.15, 0.2) is 0 Å². The van der Waals surface area contributed by atoms with Crippen molar-refractivity contribution in [3.05, 3.63) is 0 Å². The highest BCUT2D eigenvalue weighted by Crippen LogP contribution is 2.09. The van der Waals surface area contributed by atoms with E-state index < -0.39 is 12.2 Å². The van der Waals surface area contributed by atoms with Gasteiger partial charge in [0.2, 0.25) is 0 Å². The Morgan fingerprint density at radius 2 is 2.00 bits per heavy atom. The van der Waals surface area contributed by atoms with Crippen LogP contribution in [0.3, 0.4) is 0 Å². The Balaban J connectivity index is 2.27. The highest BCUT2D eigenvalue weighted by atomic mass is 16.5. The fourth-order valence-corrected chi connectivity index (χ4v) is 1.37. The van der Waals surface area contributed by atoms with Crippen LogP contribution in [0.15, 0.2) is 0 Å². The van der Waals surface area contributed by atoms with Gasteiger partial charge in [-0.05, 0) is 6.92 Å². The molecule has 0 saturated carbocycles. The van der Waals surface area contributed by atoms with Crippen molar-refractivity contribution in [3.63, 3.8) is 0 Å². The van der Waals surface area contributed by atoms with Gasteiger partial charge in [0, 0.05) is 13.1 Å². The number of likely N-dealkylation sites (tertiary alicyclic amines) is 1. The van der Waals surface area contributed by atoms with Gasteiger partial charge in [-0.2, -0.15) is 0 Å². The molecule has 1 heterocycles. The molecule has 1 aliphatic heterocycles. The van der Waals surface area contributed by atoms with Crippen LogP contribution in [0.1, 0.15) is 6.92 Å². The van der Waals surface area contributed by atoms with E-state index in [1.165, 1.54) is 0 Å². The fourth-order valence-electron chi connectivity index (χ4n) is 1.37. The van der Waals surface area contributed by atoms with Crippen LogP contribution >= 0.6 is 0 Å². The average Bonchev–Trinajstić information content (AvgIpc) is 2.31. The van der Waals surface area contributed by atoms with Gasteiger partial charge in [-0.3, -0.25) is 9.69 Å². The van der Waals surface area contributed by atoms with Crippen molar-refractivity contribution in [1.82, 2.24) is 4.90 Å². The summed E-state index contributed by atoms with van der Waals surface area (Å²) in [5, 5.41) is 18.3. The van der Waals surface area contributed by atoms with Crippen molar-refractivity contribution in [3.8, 4) is 0 Å². The summed E-state index contributed by atoms with van der Waals surface area (Å²) < 4.78 is 4.73. The lowest BCUT2D eigenvalue weighted by Crippen LogP contribution is -2.30. The van der Waals surface area contributed by atoms with Gasteiger partial charge in [0.05, 0.1) is 25.4 Å². The molecule has 0 radical (unpaired) electrons. The molecule has 13 heavy (non-hydrogen) atoms. The molecule has 2 atom stereocenters. The molecule has 5 nitrogen and oxygen atoms in total. The fraction of sp³-hybridized carbons (Fsp3) is 0.875. The van der Waals surface area contributed by atoms with E-state index in [1.54, 1.807) is 11.8 Å². The zero-order valence-electron chi connectivity index (χ0n) is 7.64. The van der Waals surface area contributed by atoms with Gasteiger partial charge in [-0.15, -0.1) is 0 Å². The molecule has 0 bridgehead atoms. The summed E-state index contributed by atoms with van der Waals surface area (Å²) in [5.74, 6) is -0.316. The molecule has 2 N–H and O–H groups in total. The minimum absolute atomic E-state index is 0.141. The van der Waals surface area contributed by atoms with Crippen LogP contribution in [-0.4, -0.2) is 59.5 Å². The summed E-state index contributed by atoms with van der Waals surface area (Å²) in [6, 6.07) is 0. The maximum Gasteiger partial charge on any atom is 0.320 e. The molecule has 0 aliphatic carbocycles. The molecule has 1 rings (SSSR count). The highest BCUT2D eigenvalue weighted by Gasteiger charge is 2.30. The average molecular weight is 189 g/mol. The Morgan fingerprint density at radius 3 is 2.46 bits per heavy atom. The third-order valence-electron chi connectivity index (χ3n) is 1.99. The minimum Gasteiger partial charge on any atom is -0.465 e. The zero-order valence-corrected chi connectivity index (χ0v) is 7.64. The molecule has 5 heteroatoms. The van der Waals surface area contributed by atoms with Gasteiger partial charge in [-0.25, -0.2) is 0 Å². The molecule has 0 aromatic rings.